The topological polar surface area (TPSA) is 73.4 Å². The Balaban J connectivity index is 0.000000118. The maximum Gasteiger partial charge on any atom is 0.0877 e. The molecule has 0 fully saturated rings. The highest BCUT2D eigenvalue weighted by atomic mass is 32.2. The van der Waals surface area contributed by atoms with Crippen LogP contribution in [0, 0.1) is 0 Å². The summed E-state index contributed by atoms with van der Waals surface area (Å²) in [7, 11) is 0. The van der Waals surface area contributed by atoms with Crippen LogP contribution in [-0.4, -0.2) is 10.5 Å². The number of nitrogens with zero attached hydrogens (tertiary/aromatic N) is 2. The Morgan fingerprint density at radius 3 is 2.24 bits per heavy atom. The van der Waals surface area contributed by atoms with Gasteiger partial charge in [-0.1, -0.05) is 80.5 Å². The number of para-hydroxylation sites is 1. The van der Waals surface area contributed by atoms with E-state index in [0.717, 1.165) is 46.3 Å². The molecule has 0 amide bonds. The average Bonchev–Trinajstić information content (AvgIpc) is 3.65. The molecular formula is C30H30N6S. The van der Waals surface area contributed by atoms with E-state index in [-0.39, 0.29) is 0 Å². The quantitative estimate of drug-likeness (QED) is 0.287. The average molecular weight is 507 g/mol. The number of hydrogen-bond acceptors (Lipinski definition) is 7. The molecule has 0 saturated carbocycles. The largest absolute Gasteiger partial charge is 0.381 e. The molecule has 2 aromatic carbocycles. The molecule has 0 spiro atoms. The molecule has 4 aliphatic rings. The summed E-state index contributed by atoms with van der Waals surface area (Å²) in [6.07, 6.45) is 6.54. The normalized spacial score (nSPS) is 15.0. The summed E-state index contributed by atoms with van der Waals surface area (Å²) >= 11 is 1.50. The molecule has 0 bridgehead atoms. The molecular weight excluding hydrogens is 476 g/mol. The molecule has 4 N–H and O–H groups in total. The Hall–Kier alpha value is -4.49. The Morgan fingerprint density at radius 2 is 1.57 bits per heavy atom. The number of hydrazone groups is 1. The number of aromatic nitrogens is 1. The van der Waals surface area contributed by atoms with E-state index in [2.05, 4.69) is 94.2 Å². The lowest BCUT2D eigenvalue weighted by molar-refractivity contribution is 0.946. The number of pyridine rings is 1. The number of hydrogen-bond donors (Lipinski definition) is 4. The number of anilines is 1. The lowest BCUT2D eigenvalue weighted by Crippen LogP contribution is -2.08. The van der Waals surface area contributed by atoms with Crippen LogP contribution in [0.25, 0.3) is 17.5 Å². The van der Waals surface area contributed by atoms with Gasteiger partial charge in [-0.25, -0.2) is 0 Å². The molecule has 0 radical (unpaired) electrons. The Bertz CT molecular complexity index is 1350. The minimum absolute atomic E-state index is 0.898. The van der Waals surface area contributed by atoms with Crippen molar-refractivity contribution in [3.05, 3.63) is 138 Å². The van der Waals surface area contributed by atoms with E-state index in [9.17, 15) is 0 Å². The third kappa shape index (κ3) is 7.02. The highest BCUT2D eigenvalue weighted by molar-refractivity contribution is 8.15. The monoisotopic (exact) mass is 506 g/mol. The summed E-state index contributed by atoms with van der Waals surface area (Å²) in [4.78, 5) is 4.18. The second-order valence-corrected chi connectivity index (χ2v) is 9.27. The molecule has 7 rings (SSSR count). The first-order valence-corrected chi connectivity index (χ1v) is 12.6. The first-order chi connectivity index (χ1) is 18.0. The van der Waals surface area contributed by atoms with Crippen molar-refractivity contribution in [1.29, 1.82) is 0 Å². The van der Waals surface area contributed by atoms with E-state index < -0.39 is 0 Å². The summed E-state index contributed by atoms with van der Waals surface area (Å²) in [6.45, 7) is 16.1. The molecule has 1 aromatic heterocycles. The van der Waals surface area contributed by atoms with Gasteiger partial charge in [-0.05, 0) is 35.4 Å². The SMILES string of the molecule is C=C1Cc2ccccc2N1.C=C1NC=Cc2ncccc21.C=C1NCc2ccccc21.C=C1NN=CS1. The van der Waals surface area contributed by atoms with Gasteiger partial charge in [0.05, 0.1) is 16.3 Å². The van der Waals surface area contributed by atoms with Gasteiger partial charge in [-0.2, -0.15) is 5.10 Å². The lowest BCUT2D eigenvalue weighted by Gasteiger charge is -2.12. The summed E-state index contributed by atoms with van der Waals surface area (Å²) in [5.41, 5.74) is 14.7. The number of fused-ring (bicyclic) bond motifs is 3. The van der Waals surface area contributed by atoms with Crippen molar-refractivity contribution in [1.82, 2.24) is 21.0 Å². The third-order valence-electron chi connectivity index (χ3n) is 5.67. The first kappa shape index (κ1) is 25.6. The third-order valence-corrected chi connectivity index (χ3v) is 6.25. The predicted octanol–water partition coefficient (Wildman–Crippen LogP) is 6.29. The van der Waals surface area contributed by atoms with Crippen molar-refractivity contribution in [3.8, 4) is 0 Å². The second-order valence-electron chi connectivity index (χ2n) is 8.33. The maximum atomic E-state index is 4.18. The van der Waals surface area contributed by atoms with Crippen LogP contribution in [0.5, 0.6) is 0 Å². The van der Waals surface area contributed by atoms with Gasteiger partial charge in [0, 0.05) is 59.3 Å². The molecule has 7 heteroatoms. The summed E-state index contributed by atoms with van der Waals surface area (Å²) in [5.74, 6) is 0. The van der Waals surface area contributed by atoms with Gasteiger partial charge in [0.15, 0.2) is 0 Å². The molecule has 3 aromatic rings. The molecule has 4 aliphatic heterocycles. The van der Waals surface area contributed by atoms with Crippen molar-refractivity contribution in [2.75, 3.05) is 5.32 Å². The number of allylic oxidation sites excluding steroid dienone is 1. The van der Waals surface area contributed by atoms with Crippen LogP contribution in [0.3, 0.4) is 0 Å². The molecule has 37 heavy (non-hydrogen) atoms. The van der Waals surface area contributed by atoms with E-state index in [1.165, 1.54) is 34.1 Å². The van der Waals surface area contributed by atoms with E-state index in [1.807, 2.05) is 36.5 Å². The van der Waals surface area contributed by atoms with Crippen LogP contribution in [0.4, 0.5) is 5.69 Å². The first-order valence-electron chi connectivity index (χ1n) is 11.8. The Kier molecular flexibility index (Phi) is 8.62. The smallest absolute Gasteiger partial charge is 0.0877 e. The van der Waals surface area contributed by atoms with E-state index in [0.29, 0.717) is 0 Å². The van der Waals surface area contributed by atoms with Crippen LogP contribution in [0.15, 0.2) is 115 Å². The fourth-order valence-electron chi connectivity index (χ4n) is 3.85. The minimum atomic E-state index is 0.898. The van der Waals surface area contributed by atoms with E-state index >= 15 is 0 Å². The fraction of sp³-hybridized carbons (Fsp3) is 0.0667. The molecule has 0 atom stereocenters. The van der Waals surface area contributed by atoms with Crippen molar-refractivity contribution in [2.24, 2.45) is 5.10 Å². The minimum Gasteiger partial charge on any atom is -0.381 e. The van der Waals surface area contributed by atoms with Crippen LogP contribution in [-0.2, 0) is 13.0 Å². The summed E-state index contributed by atoms with van der Waals surface area (Å²) in [5, 5.41) is 14.0. The van der Waals surface area contributed by atoms with Crippen LogP contribution in [0.1, 0.15) is 27.9 Å². The van der Waals surface area contributed by atoms with Gasteiger partial charge in [0.1, 0.15) is 0 Å². The van der Waals surface area contributed by atoms with Crippen molar-refractivity contribution < 1.29 is 0 Å². The highest BCUT2D eigenvalue weighted by Gasteiger charge is 2.11. The van der Waals surface area contributed by atoms with Gasteiger partial charge in [0.25, 0.3) is 0 Å². The number of thioether (sulfide) groups is 1. The Morgan fingerprint density at radius 1 is 0.811 bits per heavy atom. The van der Waals surface area contributed by atoms with E-state index in [4.69, 9.17) is 0 Å². The Labute approximate surface area is 222 Å². The molecule has 6 nitrogen and oxygen atoms in total. The zero-order valence-corrected chi connectivity index (χ0v) is 21.4. The van der Waals surface area contributed by atoms with Crippen LogP contribution < -0.4 is 21.4 Å². The number of nitrogens with one attached hydrogen (secondary N) is 4. The number of rotatable bonds is 0. The molecule has 0 unspecified atom stereocenters. The number of benzene rings is 2. The van der Waals surface area contributed by atoms with Crippen molar-refractivity contribution >= 4 is 40.5 Å². The standard InChI is InChI=1S/C9H8N2.2C9H9N.C3H4N2S/c1-7-8-3-2-5-11-9(8)4-6-10-7;1-7-9-5-3-2-4-8(9)6-10-7;1-7-6-8-4-2-3-5-9(8)10-7;1-3-5-4-2-6-3/h2-6,10H,1H2;2*2-5,10H,1,6H2;2,5H,1H2. The molecule has 0 saturated heterocycles. The van der Waals surface area contributed by atoms with E-state index in [1.54, 1.807) is 11.7 Å². The van der Waals surface area contributed by atoms with Gasteiger partial charge in [0.2, 0.25) is 0 Å². The summed E-state index contributed by atoms with van der Waals surface area (Å²) < 4.78 is 0. The zero-order valence-electron chi connectivity index (χ0n) is 20.6. The molecule has 5 heterocycles. The van der Waals surface area contributed by atoms with Crippen LogP contribution in [0.2, 0.25) is 0 Å². The predicted molar refractivity (Wildman–Crippen MR) is 159 cm³/mol. The molecule has 186 valence electrons. The van der Waals surface area contributed by atoms with Gasteiger partial charge in [-0.15, -0.1) is 0 Å². The summed E-state index contributed by atoms with van der Waals surface area (Å²) in [6, 6.07) is 20.5. The second kappa shape index (κ2) is 12.5. The zero-order chi connectivity index (χ0) is 26.0. The van der Waals surface area contributed by atoms with Gasteiger partial charge in [-0.3, -0.25) is 10.4 Å². The highest BCUT2D eigenvalue weighted by Crippen LogP contribution is 2.25. The lowest BCUT2D eigenvalue weighted by atomic mass is 10.1. The molecule has 0 aliphatic carbocycles. The van der Waals surface area contributed by atoms with Crippen molar-refractivity contribution in [2.45, 2.75) is 13.0 Å². The van der Waals surface area contributed by atoms with Gasteiger partial charge >= 0.3 is 0 Å². The van der Waals surface area contributed by atoms with Crippen LogP contribution >= 0.6 is 11.8 Å². The maximum absolute atomic E-state index is 4.18. The fourth-order valence-corrected chi connectivity index (χ4v) is 4.18. The van der Waals surface area contributed by atoms with Gasteiger partial charge < -0.3 is 16.0 Å². The van der Waals surface area contributed by atoms with Crippen molar-refractivity contribution in [3.63, 3.8) is 0 Å².